The van der Waals surface area contributed by atoms with Crippen LogP contribution in [0.15, 0.2) is 12.1 Å². The van der Waals surface area contributed by atoms with Crippen LogP contribution >= 0.6 is 22.6 Å². The van der Waals surface area contributed by atoms with Gasteiger partial charge < -0.3 is 10.5 Å². The summed E-state index contributed by atoms with van der Waals surface area (Å²) < 4.78 is 70.1. The second-order valence-electron chi connectivity index (χ2n) is 4.03. The smallest absolute Gasteiger partial charge is 0.432 e. The highest BCUT2D eigenvalue weighted by Gasteiger charge is 2.37. The van der Waals surface area contributed by atoms with Crippen molar-refractivity contribution in [1.29, 1.82) is 5.26 Å². The maximum absolute atomic E-state index is 13.7. The molecule has 0 bridgehead atoms. The van der Waals surface area contributed by atoms with E-state index in [1.165, 1.54) is 28.7 Å². The van der Waals surface area contributed by atoms with Crippen LogP contribution in [0.2, 0.25) is 0 Å². The van der Waals surface area contributed by atoms with E-state index in [1.807, 2.05) is 0 Å². The second kappa shape index (κ2) is 6.11. The highest BCUT2D eigenvalue weighted by atomic mass is 127. The van der Waals surface area contributed by atoms with E-state index in [9.17, 15) is 22.0 Å². The molecule has 11 heteroatoms. The Morgan fingerprint density at radius 3 is 2.22 bits per heavy atom. The van der Waals surface area contributed by atoms with Crippen molar-refractivity contribution in [3.05, 3.63) is 38.6 Å². The van der Waals surface area contributed by atoms with Gasteiger partial charge in [-0.2, -0.15) is 23.4 Å². The molecular formula is C12H4F5IN4O. The van der Waals surface area contributed by atoms with Crippen LogP contribution in [0.4, 0.5) is 27.9 Å². The minimum Gasteiger partial charge on any atom is -0.432 e. The van der Waals surface area contributed by atoms with Crippen molar-refractivity contribution in [2.24, 2.45) is 0 Å². The molecule has 1 aromatic carbocycles. The molecule has 0 radical (unpaired) electrons. The zero-order chi connectivity index (χ0) is 17.4. The summed E-state index contributed by atoms with van der Waals surface area (Å²) in [7, 11) is 0. The average molecular weight is 442 g/mol. The number of aromatic nitrogens is 2. The summed E-state index contributed by atoms with van der Waals surface area (Å²) >= 11 is 1.22. The SMILES string of the molecule is N#Cc1cc(F)c(Oc2nc(N)nc(C(F)(F)F)c2I)c(F)c1. The predicted molar refractivity (Wildman–Crippen MR) is 75.3 cm³/mol. The number of alkyl halides is 3. The van der Waals surface area contributed by atoms with E-state index in [0.717, 1.165) is 0 Å². The Hall–Kier alpha value is -2.23. The van der Waals surface area contributed by atoms with E-state index in [4.69, 9.17) is 15.7 Å². The first kappa shape index (κ1) is 17.1. The molecule has 0 aliphatic rings. The Bertz CT molecular complexity index is 795. The number of hydrogen-bond donors (Lipinski definition) is 1. The Morgan fingerprint density at radius 2 is 1.74 bits per heavy atom. The molecule has 0 atom stereocenters. The number of anilines is 1. The predicted octanol–water partition coefficient (Wildman–Crippen LogP) is 3.62. The van der Waals surface area contributed by atoms with Crippen LogP contribution in [0.25, 0.3) is 0 Å². The van der Waals surface area contributed by atoms with Crippen molar-refractivity contribution in [1.82, 2.24) is 9.97 Å². The molecule has 0 saturated carbocycles. The van der Waals surface area contributed by atoms with Gasteiger partial charge in [0.25, 0.3) is 0 Å². The maximum atomic E-state index is 13.7. The number of benzene rings is 1. The number of nitrogen functional groups attached to an aromatic ring is 1. The van der Waals surface area contributed by atoms with Crippen molar-refractivity contribution in [2.75, 3.05) is 5.73 Å². The van der Waals surface area contributed by atoms with Crippen LogP contribution in [-0.4, -0.2) is 9.97 Å². The van der Waals surface area contributed by atoms with Crippen molar-refractivity contribution in [3.63, 3.8) is 0 Å². The van der Waals surface area contributed by atoms with Crippen molar-refractivity contribution < 1.29 is 26.7 Å². The van der Waals surface area contributed by atoms with Crippen LogP contribution in [0, 0.1) is 26.5 Å². The van der Waals surface area contributed by atoms with E-state index < -0.39 is 44.7 Å². The van der Waals surface area contributed by atoms with Crippen LogP contribution < -0.4 is 10.5 Å². The number of halogens is 6. The van der Waals surface area contributed by atoms with Crippen molar-refractivity contribution in [2.45, 2.75) is 6.18 Å². The fraction of sp³-hybridized carbons (Fsp3) is 0.0833. The van der Waals surface area contributed by atoms with Crippen LogP contribution in [0.1, 0.15) is 11.3 Å². The lowest BCUT2D eigenvalue weighted by molar-refractivity contribution is -0.142. The summed E-state index contributed by atoms with van der Waals surface area (Å²) in [6.45, 7) is 0. The summed E-state index contributed by atoms with van der Waals surface area (Å²) in [4.78, 5) is 6.45. The lowest BCUT2D eigenvalue weighted by Crippen LogP contribution is -2.14. The fourth-order valence-corrected chi connectivity index (χ4v) is 2.17. The minimum absolute atomic E-state index is 0.319. The van der Waals surface area contributed by atoms with Crippen LogP contribution in [-0.2, 0) is 6.18 Å². The van der Waals surface area contributed by atoms with Gasteiger partial charge in [0.2, 0.25) is 17.6 Å². The summed E-state index contributed by atoms with van der Waals surface area (Å²) in [5.74, 6) is -5.09. The number of nitrogens with two attached hydrogens (primary N) is 1. The van der Waals surface area contributed by atoms with E-state index in [2.05, 4.69) is 9.97 Å². The highest BCUT2D eigenvalue weighted by molar-refractivity contribution is 14.1. The zero-order valence-corrected chi connectivity index (χ0v) is 12.9. The van der Waals surface area contributed by atoms with Gasteiger partial charge in [0.05, 0.1) is 11.6 Å². The molecule has 0 aliphatic heterocycles. The third-order valence-electron chi connectivity index (χ3n) is 2.43. The van der Waals surface area contributed by atoms with E-state index >= 15 is 0 Å². The molecule has 2 rings (SSSR count). The third kappa shape index (κ3) is 3.58. The lowest BCUT2D eigenvalue weighted by atomic mass is 10.2. The topological polar surface area (TPSA) is 84.8 Å². The van der Waals surface area contributed by atoms with Gasteiger partial charge in [-0.15, -0.1) is 0 Å². The Morgan fingerprint density at radius 1 is 1.17 bits per heavy atom. The second-order valence-corrected chi connectivity index (χ2v) is 5.11. The highest BCUT2D eigenvalue weighted by Crippen LogP contribution is 2.37. The van der Waals surface area contributed by atoms with Crippen LogP contribution in [0.3, 0.4) is 0 Å². The molecule has 1 heterocycles. The zero-order valence-electron chi connectivity index (χ0n) is 10.7. The quantitative estimate of drug-likeness (QED) is 0.568. The van der Waals surface area contributed by atoms with Crippen molar-refractivity contribution in [3.8, 4) is 17.7 Å². The van der Waals surface area contributed by atoms with Crippen molar-refractivity contribution >= 4 is 28.5 Å². The summed E-state index contributed by atoms with van der Waals surface area (Å²) in [6, 6.07) is 2.85. The van der Waals surface area contributed by atoms with Gasteiger partial charge in [-0.1, -0.05) is 0 Å². The summed E-state index contributed by atoms with van der Waals surface area (Å²) in [6.07, 6.45) is -4.85. The van der Waals surface area contributed by atoms with E-state index in [0.29, 0.717) is 12.1 Å². The van der Waals surface area contributed by atoms with Gasteiger partial charge >= 0.3 is 6.18 Å². The normalized spacial score (nSPS) is 11.2. The Labute approximate surface area is 139 Å². The van der Waals surface area contributed by atoms with Gasteiger partial charge in [-0.3, -0.25) is 0 Å². The lowest BCUT2D eigenvalue weighted by Gasteiger charge is -2.13. The molecule has 0 fully saturated rings. The molecule has 120 valence electrons. The third-order valence-corrected chi connectivity index (χ3v) is 3.41. The van der Waals surface area contributed by atoms with Gasteiger partial charge in [-0.05, 0) is 34.7 Å². The number of ether oxygens (including phenoxy) is 1. The number of hydrogen-bond acceptors (Lipinski definition) is 5. The first-order valence-electron chi connectivity index (χ1n) is 5.60. The molecule has 2 aromatic rings. The first-order chi connectivity index (χ1) is 10.6. The number of nitriles is 1. The standard InChI is InChI=1S/C12H4F5IN4O/c13-5-1-4(3-19)2-6(14)8(5)23-10-7(18)9(12(15,16)17)21-11(20)22-10/h1-2H,(H2,20,21,22). The molecule has 0 amide bonds. The largest absolute Gasteiger partial charge is 0.434 e. The van der Waals surface area contributed by atoms with Crippen LogP contribution in [0.5, 0.6) is 11.6 Å². The van der Waals surface area contributed by atoms with Gasteiger partial charge in [0, 0.05) is 0 Å². The number of nitrogens with zero attached hydrogens (tertiary/aromatic N) is 3. The molecule has 0 aliphatic carbocycles. The van der Waals surface area contributed by atoms with Gasteiger partial charge in [0.1, 0.15) is 3.57 Å². The fourth-order valence-electron chi connectivity index (χ4n) is 1.52. The maximum Gasteiger partial charge on any atom is 0.434 e. The molecule has 1 aromatic heterocycles. The van der Waals surface area contributed by atoms with E-state index in [1.54, 1.807) is 0 Å². The Kier molecular flexibility index (Phi) is 4.55. The first-order valence-corrected chi connectivity index (χ1v) is 6.68. The van der Waals surface area contributed by atoms with E-state index in [-0.39, 0.29) is 5.56 Å². The molecule has 0 unspecified atom stereocenters. The molecular weight excluding hydrogens is 438 g/mol. The van der Waals surface area contributed by atoms with Gasteiger partial charge in [-0.25, -0.2) is 13.8 Å². The summed E-state index contributed by atoms with van der Waals surface area (Å²) in [5, 5.41) is 8.59. The van der Waals surface area contributed by atoms with Gasteiger partial charge in [0.15, 0.2) is 17.3 Å². The molecule has 23 heavy (non-hydrogen) atoms. The minimum atomic E-state index is -4.85. The average Bonchev–Trinajstić information content (AvgIpc) is 2.44. The molecule has 5 nitrogen and oxygen atoms in total. The molecule has 0 saturated heterocycles. The molecule has 0 spiro atoms. The number of rotatable bonds is 2. The monoisotopic (exact) mass is 442 g/mol. The molecule has 2 N–H and O–H groups in total. The Balaban J connectivity index is 2.54. The summed E-state index contributed by atoms with van der Waals surface area (Å²) in [5.41, 5.74) is 3.45.